The van der Waals surface area contributed by atoms with Gasteiger partial charge in [0.25, 0.3) is 0 Å². The molecule has 108 heavy (non-hydrogen) atoms. The molecule has 3 heterocycles. The average molecular weight is 1480 g/mol. The largest absolute Gasteiger partial charge is 0.295 e. The van der Waals surface area contributed by atoms with Gasteiger partial charge < -0.3 is 0 Å². The van der Waals surface area contributed by atoms with Crippen LogP contribution < -0.4 is 0 Å². The molecule has 0 aromatic heterocycles. The van der Waals surface area contributed by atoms with E-state index < -0.39 is 0 Å². The van der Waals surface area contributed by atoms with Gasteiger partial charge in [0, 0.05) is 54.4 Å². The molecule has 0 spiro atoms. The maximum Gasteiger partial charge on any atom is 0.156 e. The van der Waals surface area contributed by atoms with Crippen molar-refractivity contribution >= 4 is 6.71 Å². The molecule has 0 amide bonds. The van der Waals surface area contributed by atoms with Gasteiger partial charge in [-0.05, 0) is 336 Å². The number of hydrogen-bond donors (Lipinski definition) is 0. The van der Waals surface area contributed by atoms with Crippen molar-refractivity contribution in [2.24, 2.45) is 164 Å². The van der Waals surface area contributed by atoms with Gasteiger partial charge in [-0.3, -0.25) is 14.7 Å². The normalized spacial score (nSPS) is 50.6. The van der Waals surface area contributed by atoms with Gasteiger partial charge in [0.1, 0.15) is 0 Å². The molecule has 0 bridgehead atoms. The van der Waals surface area contributed by atoms with Gasteiger partial charge in [0.2, 0.25) is 0 Å². The molecule has 0 N–H and O–H groups in total. The Morgan fingerprint density at radius 1 is 0.204 bits per heavy atom. The fourth-order valence-corrected chi connectivity index (χ4v) is 39.1. The molecule has 608 valence electrons. The van der Waals surface area contributed by atoms with E-state index in [2.05, 4.69) is 77.0 Å². The molecule has 20 aliphatic rings. The molecule has 17 aliphatic carbocycles. The number of rotatable bonds is 9. The van der Waals surface area contributed by atoms with Crippen LogP contribution in [0.3, 0.4) is 0 Å². The number of hydrogen-bond acceptors (Lipinski definition) is 3. The van der Waals surface area contributed by atoms with Gasteiger partial charge in [-0.1, -0.05) is 261 Å². The molecule has 3 nitrogen and oxygen atoms in total. The summed E-state index contributed by atoms with van der Waals surface area (Å²) in [4.78, 5) is 11.7. The zero-order chi connectivity index (χ0) is 73.1. The maximum absolute atomic E-state index is 4.05. The van der Waals surface area contributed by atoms with Gasteiger partial charge in [-0.25, -0.2) is 0 Å². The number of fused-ring (bicyclic) bond motifs is 9. The highest BCUT2D eigenvalue weighted by atomic mass is 15.3. The molecule has 4 heteroatoms. The lowest BCUT2D eigenvalue weighted by molar-refractivity contribution is -0.160. The van der Waals surface area contributed by atoms with Crippen LogP contribution in [0, 0.1) is 164 Å². The molecule has 17 saturated carbocycles. The Kier molecular flexibility index (Phi) is 22.2. The van der Waals surface area contributed by atoms with Crippen LogP contribution in [0.2, 0.25) is 17.5 Å². The topological polar surface area (TPSA) is 9.72 Å². The third-order valence-corrected chi connectivity index (χ3v) is 43.2. The first-order valence-corrected chi connectivity index (χ1v) is 51.8. The van der Waals surface area contributed by atoms with E-state index in [1.54, 1.807) is 302 Å². The summed E-state index contributed by atoms with van der Waals surface area (Å²) in [5.74, 6) is 27.8. The number of likely N-dealkylation sites (tertiary alicyclic amines) is 1. The maximum atomic E-state index is 4.05. The van der Waals surface area contributed by atoms with Crippen molar-refractivity contribution in [3.05, 3.63) is 0 Å². The van der Waals surface area contributed by atoms with E-state index in [1.807, 2.05) is 0 Å². The lowest BCUT2D eigenvalue weighted by Gasteiger charge is -2.73. The first-order chi connectivity index (χ1) is 52.5. The van der Waals surface area contributed by atoms with Crippen LogP contribution in [0.25, 0.3) is 0 Å². The van der Waals surface area contributed by atoms with Crippen LogP contribution in [0.15, 0.2) is 0 Å². The molecule has 20 fully saturated rings. The van der Waals surface area contributed by atoms with Gasteiger partial charge >= 0.3 is 0 Å². The summed E-state index contributed by atoms with van der Waals surface area (Å²) in [5.41, 5.74) is 1.23. The lowest BCUT2D eigenvalue weighted by Crippen LogP contribution is -2.77. The third kappa shape index (κ3) is 13.8. The SMILES string of the molecule is CC(C)(C)C1CCC(C2CC3C4B(C5CC(C6CCC7C8CCCC9CCCC(C%10CCCC6C%107)C98)CCC5N3C3C(C5CCCCC5)CC(C(C)(C)C)CC3C3CCCCC3)C3CCC(N5C6CCCCC6C6CCCCC65)CC3N(C3C(C5CCCCC5)CC(C(C)(C)C)CC3C3CCCCC3)C4C2)CC1. The summed E-state index contributed by atoms with van der Waals surface area (Å²) in [6.07, 6.45) is 86.9. The quantitative estimate of drug-likeness (QED) is 0.213. The smallest absolute Gasteiger partial charge is 0.156 e. The van der Waals surface area contributed by atoms with Crippen molar-refractivity contribution in [1.29, 1.82) is 0 Å². The third-order valence-electron chi connectivity index (χ3n) is 43.2. The first-order valence-electron chi connectivity index (χ1n) is 51.8. The monoisotopic (exact) mass is 1480 g/mol. The van der Waals surface area contributed by atoms with Crippen molar-refractivity contribution in [3.63, 3.8) is 0 Å². The van der Waals surface area contributed by atoms with E-state index in [1.165, 1.54) is 51.4 Å². The lowest BCUT2D eigenvalue weighted by atomic mass is 9.18. The predicted molar refractivity (Wildman–Crippen MR) is 456 cm³/mol. The fourth-order valence-electron chi connectivity index (χ4n) is 39.1. The van der Waals surface area contributed by atoms with Gasteiger partial charge in [0.05, 0.1) is 0 Å². The Morgan fingerprint density at radius 3 is 1.07 bits per heavy atom. The van der Waals surface area contributed by atoms with Gasteiger partial charge in [-0.2, -0.15) is 0 Å². The zero-order valence-electron chi connectivity index (χ0n) is 72.7. The standard InChI is InChI=1S/C104H174BN3/c1-102(2,3)73-50-47-65(48-51-73)72-58-95-99-96(59-72)108(101-87(68-33-18-12-19-34-68)62-75(104(7,8)9)63-88(101)69-35-20-13-21-36-69)94-64-76(106-91-45-24-22-39-78(91)79-40-23-25-46-92(79)106)52-55-89(94)105(99)90-57-71(77-53-54-84-82-42-27-38-70-37-26-41-81(97(70)82)83-44-28-43-80(77)98(83)84)49-56-93(90)107(95)100-85(66-29-14-10-15-30-66)60-74(103(4,5)6)61-86(100)67-31-16-11-17-32-67/h65-101H,10-64H2,1-9H3. The van der Waals surface area contributed by atoms with Gasteiger partial charge in [0.15, 0.2) is 6.71 Å². The second-order valence-corrected chi connectivity index (χ2v) is 49.9. The highest BCUT2D eigenvalue weighted by Gasteiger charge is 2.71. The Bertz CT molecular complexity index is 2850. The molecule has 3 saturated heterocycles. The van der Waals surface area contributed by atoms with Crippen LogP contribution in [0.4, 0.5) is 0 Å². The molecule has 3 aliphatic heterocycles. The van der Waals surface area contributed by atoms with Crippen LogP contribution in [0.5, 0.6) is 0 Å². The Balaban J connectivity index is 0.774. The molecule has 0 aromatic carbocycles. The summed E-state index contributed by atoms with van der Waals surface area (Å²) < 4.78 is 0. The van der Waals surface area contributed by atoms with Crippen molar-refractivity contribution in [2.75, 3.05) is 0 Å². The van der Waals surface area contributed by atoms with E-state index >= 15 is 0 Å². The van der Waals surface area contributed by atoms with E-state index in [0.717, 1.165) is 226 Å². The van der Waals surface area contributed by atoms with Crippen LogP contribution in [-0.4, -0.2) is 75.8 Å². The highest BCUT2D eigenvalue weighted by molar-refractivity contribution is 6.65. The molecule has 27 unspecified atom stereocenters. The average Bonchev–Trinajstić information content (AvgIpc) is 0.709. The van der Waals surface area contributed by atoms with E-state index in [0.29, 0.717) is 16.2 Å². The summed E-state index contributed by atoms with van der Waals surface area (Å²) in [7, 11) is 0. The Hall–Kier alpha value is -0.0551. The first kappa shape index (κ1) is 76.6. The molecule has 0 aromatic rings. The molecular formula is C104H174BN3. The summed E-state index contributed by atoms with van der Waals surface area (Å²) >= 11 is 0. The molecular weight excluding hydrogens is 1300 g/mol. The summed E-state index contributed by atoms with van der Waals surface area (Å²) in [5, 5.41) is 0. The highest BCUT2D eigenvalue weighted by Crippen LogP contribution is 2.72. The minimum absolute atomic E-state index is 0.393. The van der Waals surface area contributed by atoms with Crippen molar-refractivity contribution in [3.8, 4) is 0 Å². The Labute approximate surface area is 668 Å². The second-order valence-electron chi connectivity index (χ2n) is 49.9. The van der Waals surface area contributed by atoms with E-state index in [4.69, 9.17) is 0 Å². The van der Waals surface area contributed by atoms with Crippen molar-refractivity contribution < 1.29 is 0 Å². The zero-order valence-corrected chi connectivity index (χ0v) is 72.7. The van der Waals surface area contributed by atoms with Crippen molar-refractivity contribution in [2.45, 2.75) is 487 Å². The Morgan fingerprint density at radius 2 is 0.593 bits per heavy atom. The van der Waals surface area contributed by atoms with Crippen molar-refractivity contribution in [1.82, 2.24) is 14.7 Å². The molecule has 27 atom stereocenters. The minimum Gasteiger partial charge on any atom is -0.295 e. The molecule has 0 radical (unpaired) electrons. The minimum atomic E-state index is 0.393. The van der Waals surface area contributed by atoms with Gasteiger partial charge in [-0.15, -0.1) is 0 Å². The summed E-state index contributed by atoms with van der Waals surface area (Å²) in [6, 6.07) is 7.65. The predicted octanol–water partition coefficient (Wildman–Crippen LogP) is 28.1. The summed E-state index contributed by atoms with van der Waals surface area (Å²) in [6.45, 7) is 25.6. The van der Waals surface area contributed by atoms with E-state index in [-0.39, 0.29) is 0 Å². The molecule has 20 rings (SSSR count). The van der Waals surface area contributed by atoms with E-state index in [9.17, 15) is 0 Å². The van der Waals surface area contributed by atoms with Crippen LogP contribution in [0.1, 0.15) is 415 Å². The fraction of sp³-hybridized carbons (Fsp3) is 1.00. The second kappa shape index (κ2) is 31.3. The number of nitrogens with zero attached hydrogens (tertiary/aromatic N) is 3. The van der Waals surface area contributed by atoms with Crippen LogP contribution >= 0.6 is 0 Å². The van der Waals surface area contributed by atoms with Crippen LogP contribution in [-0.2, 0) is 0 Å².